The molecule has 1 spiro atoms. The number of aliphatic hydroxyl groups is 1. The maximum absolute atomic E-state index is 12.9. The second-order valence-corrected chi connectivity index (χ2v) is 6.91. The van der Waals surface area contributed by atoms with Gasteiger partial charge in [0.15, 0.2) is 0 Å². The van der Waals surface area contributed by atoms with E-state index < -0.39 is 17.7 Å². The first-order valence-electron chi connectivity index (χ1n) is 8.42. The molecule has 6 nitrogen and oxygen atoms in total. The molecule has 3 rings (SSSR count). The number of carbonyl (C=O) groups excluding carboxylic acids is 2. The second kappa shape index (κ2) is 6.53. The van der Waals surface area contributed by atoms with E-state index in [2.05, 4.69) is 11.4 Å². The molecule has 0 unspecified atom stereocenters. The van der Waals surface area contributed by atoms with Gasteiger partial charge in [0.25, 0.3) is 5.91 Å². The summed E-state index contributed by atoms with van der Waals surface area (Å²) >= 11 is 0. The van der Waals surface area contributed by atoms with Gasteiger partial charge in [-0.05, 0) is 37.8 Å². The van der Waals surface area contributed by atoms with Crippen molar-refractivity contribution in [3.8, 4) is 0 Å². The average molecular weight is 332 g/mol. The van der Waals surface area contributed by atoms with Crippen LogP contribution in [-0.2, 0) is 22.4 Å². The van der Waals surface area contributed by atoms with Gasteiger partial charge >= 0.3 is 6.03 Å². The maximum Gasteiger partial charge on any atom is 0.325 e. The zero-order chi connectivity index (χ0) is 17.3. The number of hydrogen-bond donors (Lipinski definition) is 2. The van der Waals surface area contributed by atoms with Crippen LogP contribution in [0.4, 0.5) is 4.79 Å². The molecule has 2 aliphatic rings. The molecule has 0 radical (unpaired) electrons. The fraction of sp³-hybridized carbons (Fsp3) is 0.556. The molecular formula is C18H24N2O4. The molecule has 1 heterocycles. The first kappa shape index (κ1) is 16.9. The van der Waals surface area contributed by atoms with Crippen LogP contribution in [0.3, 0.4) is 0 Å². The van der Waals surface area contributed by atoms with Gasteiger partial charge in [-0.15, -0.1) is 0 Å². The summed E-state index contributed by atoms with van der Waals surface area (Å²) in [5, 5.41) is 12.9. The van der Waals surface area contributed by atoms with E-state index in [0.717, 1.165) is 16.9 Å². The number of hydrogen-bond acceptors (Lipinski definition) is 4. The first-order valence-corrected chi connectivity index (χ1v) is 8.42. The summed E-state index contributed by atoms with van der Waals surface area (Å²) in [6, 6.07) is 7.58. The Balaban J connectivity index is 1.71. The summed E-state index contributed by atoms with van der Waals surface area (Å²) in [4.78, 5) is 26.3. The number of fused-ring (bicyclic) bond motifs is 1. The van der Waals surface area contributed by atoms with Crippen molar-refractivity contribution in [3.05, 3.63) is 35.4 Å². The topological polar surface area (TPSA) is 78.9 Å². The lowest BCUT2D eigenvalue weighted by Crippen LogP contribution is -2.51. The average Bonchev–Trinajstić information content (AvgIpc) is 2.77. The molecule has 3 amide bonds. The standard InChI is InChI=1S/C18H24N2O4/c1-12(2)24-11-15(21)10-20-16(22)18(19-17(20)23)8-7-13-5-3-4-6-14(13)9-18/h3-6,12,15,21H,7-11H2,1-2H3,(H,19,23)/t15-,18-/m0/s1. The van der Waals surface area contributed by atoms with Gasteiger partial charge in [-0.2, -0.15) is 0 Å². The number of ether oxygens (including phenoxy) is 1. The van der Waals surface area contributed by atoms with Crippen molar-refractivity contribution in [3.63, 3.8) is 0 Å². The number of aliphatic hydroxyl groups excluding tert-OH is 1. The van der Waals surface area contributed by atoms with E-state index >= 15 is 0 Å². The molecule has 0 aromatic heterocycles. The molecule has 24 heavy (non-hydrogen) atoms. The molecule has 1 fully saturated rings. The molecule has 1 aliphatic carbocycles. The lowest BCUT2D eigenvalue weighted by atomic mass is 9.78. The number of imide groups is 1. The number of carbonyl (C=O) groups is 2. The summed E-state index contributed by atoms with van der Waals surface area (Å²) in [5.74, 6) is -0.245. The molecule has 1 aliphatic heterocycles. The Morgan fingerprint density at radius 3 is 2.71 bits per heavy atom. The highest BCUT2D eigenvalue weighted by Gasteiger charge is 2.52. The molecule has 0 bridgehead atoms. The van der Waals surface area contributed by atoms with Crippen LogP contribution >= 0.6 is 0 Å². The minimum Gasteiger partial charge on any atom is -0.389 e. The van der Waals surface area contributed by atoms with E-state index in [1.807, 2.05) is 32.0 Å². The highest BCUT2D eigenvalue weighted by Crippen LogP contribution is 2.33. The molecule has 1 saturated heterocycles. The number of benzene rings is 1. The first-order chi connectivity index (χ1) is 11.4. The van der Waals surface area contributed by atoms with Crippen LogP contribution in [0.1, 0.15) is 31.4 Å². The van der Waals surface area contributed by atoms with Crippen LogP contribution in [0.15, 0.2) is 24.3 Å². The Kier molecular flexibility index (Phi) is 4.60. The minimum atomic E-state index is -0.881. The van der Waals surface area contributed by atoms with Gasteiger partial charge in [0.05, 0.1) is 25.4 Å². The van der Waals surface area contributed by atoms with Crippen LogP contribution in [0.5, 0.6) is 0 Å². The van der Waals surface area contributed by atoms with Crippen molar-refractivity contribution >= 4 is 11.9 Å². The van der Waals surface area contributed by atoms with Gasteiger partial charge in [0.1, 0.15) is 5.54 Å². The zero-order valence-corrected chi connectivity index (χ0v) is 14.1. The number of rotatable bonds is 5. The Morgan fingerprint density at radius 2 is 2.00 bits per heavy atom. The number of β-amino-alcohol motifs (C(OH)–C–C–N with tert-alkyl or cyclic N) is 1. The Bertz CT molecular complexity index is 646. The van der Waals surface area contributed by atoms with Gasteiger partial charge in [-0.25, -0.2) is 4.79 Å². The van der Waals surface area contributed by atoms with Gasteiger partial charge in [0, 0.05) is 6.42 Å². The van der Waals surface area contributed by atoms with Crippen molar-refractivity contribution in [2.24, 2.45) is 0 Å². The smallest absolute Gasteiger partial charge is 0.325 e. The minimum absolute atomic E-state index is 0.0102. The van der Waals surface area contributed by atoms with Gasteiger partial charge in [-0.3, -0.25) is 9.69 Å². The van der Waals surface area contributed by atoms with E-state index in [4.69, 9.17) is 4.74 Å². The lowest BCUT2D eigenvalue weighted by Gasteiger charge is -2.32. The quantitative estimate of drug-likeness (QED) is 0.796. The van der Waals surface area contributed by atoms with Crippen molar-refractivity contribution < 1.29 is 19.4 Å². The highest BCUT2D eigenvalue weighted by atomic mass is 16.5. The molecule has 1 aromatic rings. The van der Waals surface area contributed by atoms with Crippen LogP contribution in [0.25, 0.3) is 0 Å². The van der Waals surface area contributed by atoms with Crippen LogP contribution in [-0.4, -0.2) is 52.8 Å². The van der Waals surface area contributed by atoms with Crippen molar-refractivity contribution in [1.82, 2.24) is 10.2 Å². The Hall–Kier alpha value is -1.92. The monoisotopic (exact) mass is 332 g/mol. The summed E-state index contributed by atoms with van der Waals surface area (Å²) in [6.07, 6.45) is 0.957. The summed E-state index contributed by atoms with van der Waals surface area (Å²) in [5.41, 5.74) is 1.46. The zero-order valence-electron chi connectivity index (χ0n) is 14.1. The summed E-state index contributed by atoms with van der Waals surface area (Å²) < 4.78 is 5.35. The number of nitrogens with zero attached hydrogens (tertiary/aromatic N) is 1. The molecule has 0 saturated carbocycles. The summed E-state index contributed by atoms with van der Waals surface area (Å²) in [6.45, 7) is 3.80. The Labute approximate surface area is 141 Å². The third kappa shape index (κ3) is 3.16. The van der Waals surface area contributed by atoms with Crippen LogP contribution in [0.2, 0.25) is 0 Å². The van der Waals surface area contributed by atoms with Gasteiger partial charge in [-0.1, -0.05) is 24.3 Å². The second-order valence-electron chi connectivity index (χ2n) is 6.91. The van der Waals surface area contributed by atoms with E-state index in [1.165, 1.54) is 5.56 Å². The maximum atomic E-state index is 12.9. The normalized spacial score (nSPS) is 24.4. The molecule has 130 valence electrons. The fourth-order valence-electron chi connectivity index (χ4n) is 3.43. The van der Waals surface area contributed by atoms with Crippen molar-refractivity contribution in [1.29, 1.82) is 0 Å². The van der Waals surface area contributed by atoms with Crippen molar-refractivity contribution in [2.45, 2.75) is 50.9 Å². The largest absolute Gasteiger partial charge is 0.389 e. The summed E-state index contributed by atoms with van der Waals surface area (Å²) in [7, 11) is 0. The number of nitrogens with one attached hydrogen (secondary N) is 1. The SMILES string of the molecule is CC(C)OC[C@@H](O)CN1C(=O)N[C@]2(CCc3ccccc3C2)C1=O. The van der Waals surface area contributed by atoms with E-state index in [1.54, 1.807) is 0 Å². The van der Waals surface area contributed by atoms with Crippen LogP contribution < -0.4 is 5.32 Å². The van der Waals surface area contributed by atoms with Gasteiger partial charge in [0.2, 0.25) is 0 Å². The molecular weight excluding hydrogens is 308 g/mol. The van der Waals surface area contributed by atoms with E-state index in [0.29, 0.717) is 12.8 Å². The van der Waals surface area contributed by atoms with Gasteiger partial charge < -0.3 is 15.2 Å². The van der Waals surface area contributed by atoms with Crippen molar-refractivity contribution in [2.75, 3.05) is 13.2 Å². The highest BCUT2D eigenvalue weighted by molar-refractivity contribution is 6.07. The predicted molar refractivity (Wildman–Crippen MR) is 88.5 cm³/mol. The third-order valence-corrected chi connectivity index (χ3v) is 4.69. The third-order valence-electron chi connectivity index (χ3n) is 4.69. The number of urea groups is 1. The molecule has 1 aromatic carbocycles. The fourth-order valence-corrected chi connectivity index (χ4v) is 3.43. The Morgan fingerprint density at radius 1 is 1.29 bits per heavy atom. The van der Waals surface area contributed by atoms with Crippen LogP contribution in [0, 0.1) is 0 Å². The number of amides is 3. The van der Waals surface area contributed by atoms with E-state index in [9.17, 15) is 14.7 Å². The number of aryl methyl sites for hydroxylation is 1. The van der Waals surface area contributed by atoms with E-state index in [-0.39, 0.29) is 25.2 Å². The lowest BCUT2D eigenvalue weighted by molar-refractivity contribution is -0.133. The predicted octanol–water partition coefficient (Wildman–Crippen LogP) is 1.25. The molecule has 6 heteroatoms. The molecule has 2 atom stereocenters. The molecule has 2 N–H and O–H groups in total.